The predicted molar refractivity (Wildman–Crippen MR) is 104 cm³/mol. The molecule has 0 spiro atoms. The number of anilines is 1. The molecule has 26 heavy (non-hydrogen) atoms. The molecule has 0 aliphatic heterocycles. The van der Waals surface area contributed by atoms with Crippen LogP contribution in [0.5, 0.6) is 5.75 Å². The molecule has 1 amide bonds. The summed E-state index contributed by atoms with van der Waals surface area (Å²) in [5, 5.41) is 4.92. The first kappa shape index (κ1) is 17.4. The molecule has 132 valence electrons. The summed E-state index contributed by atoms with van der Waals surface area (Å²) in [5.74, 6) is 0.237. The SMILES string of the molecule is CN(C)c1ccc(/C=N\NC(=O)COc2cccc3cccnc23)cc1. The highest BCUT2D eigenvalue weighted by molar-refractivity contribution is 5.85. The molecule has 0 fully saturated rings. The molecule has 0 bridgehead atoms. The molecule has 0 unspecified atom stereocenters. The summed E-state index contributed by atoms with van der Waals surface area (Å²) >= 11 is 0. The van der Waals surface area contributed by atoms with E-state index in [0.717, 1.165) is 22.2 Å². The summed E-state index contributed by atoms with van der Waals surface area (Å²) in [6.45, 7) is -0.132. The highest BCUT2D eigenvalue weighted by Gasteiger charge is 2.05. The number of fused-ring (bicyclic) bond motifs is 1. The van der Waals surface area contributed by atoms with Gasteiger partial charge in [-0.1, -0.05) is 30.3 Å². The van der Waals surface area contributed by atoms with Crippen LogP contribution in [0.1, 0.15) is 5.56 Å². The molecule has 0 radical (unpaired) electrons. The second-order valence-corrected chi connectivity index (χ2v) is 5.90. The van der Waals surface area contributed by atoms with E-state index in [1.165, 1.54) is 0 Å². The molecule has 2 aromatic carbocycles. The minimum absolute atomic E-state index is 0.132. The van der Waals surface area contributed by atoms with Crippen molar-refractivity contribution in [1.29, 1.82) is 0 Å². The number of rotatable bonds is 6. The standard InChI is InChI=1S/C20H20N4O2/c1-24(2)17-10-8-15(9-11-17)13-22-23-19(25)14-26-18-7-3-5-16-6-4-12-21-20(16)18/h3-13H,14H2,1-2H3,(H,23,25)/b22-13-. The Labute approximate surface area is 152 Å². The van der Waals surface area contributed by atoms with Gasteiger partial charge >= 0.3 is 0 Å². The van der Waals surface area contributed by atoms with Gasteiger partial charge in [0.25, 0.3) is 5.91 Å². The molecule has 1 aromatic heterocycles. The van der Waals surface area contributed by atoms with Gasteiger partial charge in [-0.3, -0.25) is 9.78 Å². The average molecular weight is 348 g/mol. The zero-order valence-electron chi connectivity index (χ0n) is 14.7. The van der Waals surface area contributed by atoms with Crippen LogP contribution in [0, 0.1) is 0 Å². The van der Waals surface area contributed by atoms with Crippen LogP contribution in [-0.2, 0) is 4.79 Å². The lowest BCUT2D eigenvalue weighted by molar-refractivity contribution is -0.123. The first-order valence-corrected chi connectivity index (χ1v) is 8.19. The van der Waals surface area contributed by atoms with Crippen LogP contribution in [0.25, 0.3) is 10.9 Å². The lowest BCUT2D eigenvalue weighted by Crippen LogP contribution is -2.24. The van der Waals surface area contributed by atoms with Crippen LogP contribution in [0.2, 0.25) is 0 Å². The van der Waals surface area contributed by atoms with Gasteiger partial charge in [-0.2, -0.15) is 5.10 Å². The van der Waals surface area contributed by atoms with E-state index in [9.17, 15) is 4.79 Å². The van der Waals surface area contributed by atoms with Gasteiger partial charge in [-0.05, 0) is 29.8 Å². The van der Waals surface area contributed by atoms with Gasteiger partial charge in [0.05, 0.1) is 6.21 Å². The van der Waals surface area contributed by atoms with Crippen molar-refractivity contribution in [2.24, 2.45) is 5.10 Å². The third-order valence-corrected chi connectivity index (χ3v) is 3.77. The highest BCUT2D eigenvalue weighted by atomic mass is 16.5. The van der Waals surface area contributed by atoms with E-state index in [0.29, 0.717) is 5.75 Å². The number of hydrogen-bond donors (Lipinski definition) is 1. The van der Waals surface area contributed by atoms with Crippen molar-refractivity contribution in [1.82, 2.24) is 10.4 Å². The molecule has 0 aliphatic rings. The summed E-state index contributed by atoms with van der Waals surface area (Å²) < 4.78 is 5.57. The molecule has 3 aromatic rings. The van der Waals surface area contributed by atoms with Crippen LogP contribution in [-0.4, -0.2) is 37.8 Å². The third kappa shape index (κ3) is 4.36. The van der Waals surface area contributed by atoms with E-state index >= 15 is 0 Å². The third-order valence-electron chi connectivity index (χ3n) is 3.77. The molecule has 6 nitrogen and oxygen atoms in total. The molecule has 6 heteroatoms. The van der Waals surface area contributed by atoms with Gasteiger partial charge in [0, 0.05) is 31.4 Å². The number of carbonyl (C=O) groups excluding carboxylic acids is 1. The van der Waals surface area contributed by atoms with Gasteiger partial charge in [0.15, 0.2) is 6.61 Å². The van der Waals surface area contributed by atoms with Crippen molar-refractivity contribution >= 4 is 28.7 Å². The largest absolute Gasteiger partial charge is 0.481 e. The lowest BCUT2D eigenvalue weighted by Gasteiger charge is -2.11. The van der Waals surface area contributed by atoms with E-state index < -0.39 is 0 Å². The Morgan fingerprint density at radius 2 is 1.92 bits per heavy atom. The van der Waals surface area contributed by atoms with Gasteiger partial charge in [-0.25, -0.2) is 5.43 Å². The average Bonchev–Trinajstić information content (AvgIpc) is 2.66. The van der Waals surface area contributed by atoms with Crippen LogP contribution >= 0.6 is 0 Å². The molecule has 3 rings (SSSR count). The zero-order valence-corrected chi connectivity index (χ0v) is 14.7. The quantitative estimate of drug-likeness (QED) is 0.549. The maximum absolute atomic E-state index is 11.9. The van der Waals surface area contributed by atoms with E-state index in [1.807, 2.05) is 67.5 Å². The Morgan fingerprint density at radius 1 is 1.15 bits per heavy atom. The first-order valence-electron chi connectivity index (χ1n) is 8.19. The molecular weight excluding hydrogens is 328 g/mol. The molecule has 1 N–H and O–H groups in total. The van der Waals surface area contributed by atoms with E-state index in [2.05, 4.69) is 15.5 Å². The summed E-state index contributed by atoms with van der Waals surface area (Å²) in [6.07, 6.45) is 3.29. The zero-order chi connectivity index (χ0) is 18.4. The number of para-hydroxylation sites is 1. The predicted octanol–water partition coefficient (Wildman–Crippen LogP) is 2.83. The van der Waals surface area contributed by atoms with Crippen molar-refractivity contribution in [2.75, 3.05) is 25.6 Å². The summed E-state index contributed by atoms with van der Waals surface area (Å²) in [5.41, 5.74) is 5.19. The molecule has 0 atom stereocenters. The second-order valence-electron chi connectivity index (χ2n) is 5.90. The Kier molecular flexibility index (Phi) is 5.43. The van der Waals surface area contributed by atoms with Crippen molar-refractivity contribution < 1.29 is 9.53 Å². The van der Waals surface area contributed by atoms with Crippen molar-refractivity contribution in [3.05, 3.63) is 66.4 Å². The summed E-state index contributed by atoms with van der Waals surface area (Å²) in [4.78, 5) is 18.2. The number of carbonyl (C=O) groups is 1. The van der Waals surface area contributed by atoms with Gasteiger partial charge in [0.2, 0.25) is 0 Å². The second kappa shape index (κ2) is 8.11. The number of hydrazone groups is 1. The van der Waals surface area contributed by atoms with Crippen LogP contribution in [0.3, 0.4) is 0 Å². The number of ether oxygens (including phenoxy) is 1. The minimum Gasteiger partial charge on any atom is -0.481 e. The molecule has 1 heterocycles. The van der Waals surface area contributed by atoms with Crippen LogP contribution < -0.4 is 15.1 Å². The van der Waals surface area contributed by atoms with Gasteiger partial charge < -0.3 is 9.64 Å². The summed E-state index contributed by atoms with van der Waals surface area (Å²) in [7, 11) is 3.96. The Morgan fingerprint density at radius 3 is 2.69 bits per heavy atom. The minimum atomic E-state index is -0.334. The fourth-order valence-corrected chi connectivity index (χ4v) is 2.41. The van der Waals surface area contributed by atoms with E-state index in [-0.39, 0.29) is 12.5 Å². The molecule has 0 saturated heterocycles. The number of aromatic nitrogens is 1. The molecule has 0 saturated carbocycles. The maximum atomic E-state index is 11.9. The van der Waals surface area contributed by atoms with Crippen LogP contribution in [0.15, 0.2) is 65.9 Å². The van der Waals surface area contributed by atoms with E-state index in [4.69, 9.17) is 4.74 Å². The number of pyridine rings is 1. The molecular formula is C20H20N4O2. The van der Waals surface area contributed by atoms with Crippen molar-refractivity contribution in [3.8, 4) is 5.75 Å². The fraction of sp³-hybridized carbons (Fsp3) is 0.150. The summed E-state index contributed by atoms with van der Waals surface area (Å²) in [6, 6.07) is 17.2. The monoisotopic (exact) mass is 348 g/mol. The smallest absolute Gasteiger partial charge is 0.277 e. The lowest BCUT2D eigenvalue weighted by atomic mass is 10.2. The normalized spacial score (nSPS) is 10.8. The van der Waals surface area contributed by atoms with E-state index in [1.54, 1.807) is 18.5 Å². The fourth-order valence-electron chi connectivity index (χ4n) is 2.41. The van der Waals surface area contributed by atoms with Gasteiger partial charge in [-0.15, -0.1) is 0 Å². The number of amides is 1. The van der Waals surface area contributed by atoms with Crippen LogP contribution in [0.4, 0.5) is 5.69 Å². The number of nitrogens with one attached hydrogen (secondary N) is 1. The number of nitrogens with zero attached hydrogens (tertiary/aromatic N) is 3. The maximum Gasteiger partial charge on any atom is 0.277 e. The van der Waals surface area contributed by atoms with Gasteiger partial charge in [0.1, 0.15) is 11.3 Å². The Hall–Kier alpha value is -3.41. The Bertz CT molecular complexity index is 915. The number of hydrogen-bond acceptors (Lipinski definition) is 5. The highest BCUT2D eigenvalue weighted by Crippen LogP contribution is 2.22. The first-order chi connectivity index (χ1) is 12.6. The topological polar surface area (TPSA) is 66.8 Å². The number of benzene rings is 2. The molecule has 0 aliphatic carbocycles. The Balaban J connectivity index is 1.54. The van der Waals surface area contributed by atoms with Crippen molar-refractivity contribution in [2.45, 2.75) is 0 Å². The van der Waals surface area contributed by atoms with Crippen molar-refractivity contribution in [3.63, 3.8) is 0 Å².